The molecular weight excluding hydrogens is 260 g/mol. The van der Waals surface area contributed by atoms with Crippen LogP contribution in [0.3, 0.4) is 0 Å². The second-order valence-electron chi connectivity index (χ2n) is 5.06. The molecule has 0 heterocycles. The lowest BCUT2D eigenvalue weighted by molar-refractivity contribution is -0.121. The van der Waals surface area contributed by atoms with Gasteiger partial charge in [0.25, 0.3) is 0 Å². The minimum atomic E-state index is 0.149. The van der Waals surface area contributed by atoms with Crippen molar-refractivity contribution in [1.82, 2.24) is 10.6 Å². The number of carbonyl (C=O) groups excluding carboxylic acids is 1. The molecule has 4 heteroatoms. The fraction of sp³-hybridized carbons (Fsp3) is 0.533. The highest BCUT2D eigenvalue weighted by atomic mass is 35.5. The summed E-state index contributed by atoms with van der Waals surface area (Å²) in [5.74, 6) is 0.149. The highest BCUT2D eigenvalue weighted by molar-refractivity contribution is 6.30. The first-order chi connectivity index (χ1) is 9.19. The van der Waals surface area contributed by atoms with Gasteiger partial charge in [-0.25, -0.2) is 0 Å². The van der Waals surface area contributed by atoms with E-state index in [4.69, 9.17) is 11.6 Å². The molecule has 0 aromatic heterocycles. The Labute approximate surface area is 119 Å². The molecule has 1 unspecified atom stereocenters. The van der Waals surface area contributed by atoms with Crippen molar-refractivity contribution in [2.75, 3.05) is 6.54 Å². The first-order valence-electron chi connectivity index (χ1n) is 6.97. The molecule has 2 N–H and O–H groups in total. The average molecular weight is 281 g/mol. The number of halogens is 1. The molecule has 1 fully saturated rings. The molecule has 1 aromatic carbocycles. The van der Waals surface area contributed by atoms with Gasteiger partial charge in [-0.2, -0.15) is 0 Å². The van der Waals surface area contributed by atoms with E-state index >= 15 is 0 Å². The zero-order valence-corrected chi connectivity index (χ0v) is 12.0. The zero-order valence-electron chi connectivity index (χ0n) is 11.3. The normalized spacial score (nSPS) is 16.1. The van der Waals surface area contributed by atoms with Crippen molar-refractivity contribution < 1.29 is 4.79 Å². The molecule has 1 atom stereocenters. The minimum Gasteiger partial charge on any atom is -0.353 e. The van der Waals surface area contributed by atoms with E-state index < -0.39 is 0 Å². The Bertz CT molecular complexity index is 432. The molecule has 1 aliphatic carbocycles. The van der Waals surface area contributed by atoms with Gasteiger partial charge in [-0.05, 0) is 37.0 Å². The Morgan fingerprint density at radius 3 is 2.89 bits per heavy atom. The van der Waals surface area contributed by atoms with Crippen LogP contribution in [-0.2, 0) is 4.79 Å². The van der Waals surface area contributed by atoms with Gasteiger partial charge in [0.1, 0.15) is 0 Å². The second kappa shape index (κ2) is 6.92. The number of nitrogens with one attached hydrogen (secondary N) is 2. The maximum Gasteiger partial charge on any atom is 0.221 e. The molecule has 1 aromatic rings. The molecule has 19 heavy (non-hydrogen) atoms. The fourth-order valence-corrected chi connectivity index (χ4v) is 2.31. The van der Waals surface area contributed by atoms with Crippen LogP contribution < -0.4 is 10.6 Å². The Kier molecular flexibility index (Phi) is 5.23. The van der Waals surface area contributed by atoms with Gasteiger partial charge in [-0.15, -0.1) is 0 Å². The van der Waals surface area contributed by atoms with Crippen molar-refractivity contribution in [3.8, 4) is 0 Å². The first kappa shape index (κ1) is 14.4. The van der Waals surface area contributed by atoms with E-state index in [9.17, 15) is 4.79 Å². The van der Waals surface area contributed by atoms with E-state index in [0.717, 1.165) is 24.3 Å². The second-order valence-corrected chi connectivity index (χ2v) is 5.50. The Morgan fingerprint density at radius 2 is 2.26 bits per heavy atom. The van der Waals surface area contributed by atoms with Gasteiger partial charge in [-0.3, -0.25) is 4.79 Å². The van der Waals surface area contributed by atoms with Crippen molar-refractivity contribution in [1.29, 1.82) is 0 Å². The Hall–Kier alpha value is -1.06. The lowest BCUT2D eigenvalue weighted by atomic mass is 10.0. The monoisotopic (exact) mass is 280 g/mol. The summed E-state index contributed by atoms with van der Waals surface area (Å²) in [4.78, 5) is 11.6. The highest BCUT2D eigenvalue weighted by Gasteiger charge is 2.22. The van der Waals surface area contributed by atoms with Crippen LogP contribution in [0.2, 0.25) is 5.02 Å². The van der Waals surface area contributed by atoms with Gasteiger partial charge in [0.2, 0.25) is 5.91 Å². The minimum absolute atomic E-state index is 0.149. The summed E-state index contributed by atoms with van der Waals surface area (Å²) >= 11 is 6.00. The molecule has 1 saturated carbocycles. The van der Waals surface area contributed by atoms with Gasteiger partial charge in [0.15, 0.2) is 0 Å². The fourth-order valence-electron chi connectivity index (χ4n) is 2.11. The molecule has 0 radical (unpaired) electrons. The third-order valence-electron chi connectivity index (χ3n) is 3.34. The Morgan fingerprint density at radius 1 is 1.47 bits per heavy atom. The molecule has 0 saturated heterocycles. The van der Waals surface area contributed by atoms with Gasteiger partial charge < -0.3 is 10.6 Å². The average Bonchev–Trinajstić information content (AvgIpc) is 3.18. The summed E-state index contributed by atoms with van der Waals surface area (Å²) in [6.07, 6.45) is 3.79. The SMILES string of the molecule is CCC(NCCC(=O)NC1CC1)c1cccc(Cl)c1. The van der Waals surface area contributed by atoms with Crippen LogP contribution >= 0.6 is 11.6 Å². The number of hydrogen-bond donors (Lipinski definition) is 2. The molecule has 1 amide bonds. The van der Waals surface area contributed by atoms with Gasteiger partial charge in [0, 0.05) is 30.1 Å². The van der Waals surface area contributed by atoms with Crippen LogP contribution in [0.1, 0.15) is 44.2 Å². The van der Waals surface area contributed by atoms with E-state index in [1.54, 1.807) is 0 Å². The summed E-state index contributed by atoms with van der Waals surface area (Å²) in [5.41, 5.74) is 1.18. The molecule has 1 aliphatic rings. The molecule has 0 spiro atoms. The summed E-state index contributed by atoms with van der Waals surface area (Å²) in [6.45, 7) is 2.83. The molecule has 3 nitrogen and oxygen atoms in total. The number of carbonyl (C=O) groups is 1. The molecule has 104 valence electrons. The summed E-state index contributed by atoms with van der Waals surface area (Å²) in [6, 6.07) is 8.59. The van der Waals surface area contributed by atoms with Crippen molar-refractivity contribution >= 4 is 17.5 Å². The smallest absolute Gasteiger partial charge is 0.221 e. The van der Waals surface area contributed by atoms with E-state index in [1.165, 1.54) is 5.56 Å². The van der Waals surface area contributed by atoms with E-state index in [-0.39, 0.29) is 11.9 Å². The van der Waals surface area contributed by atoms with Crippen LogP contribution in [0.5, 0.6) is 0 Å². The van der Waals surface area contributed by atoms with Crippen LogP contribution in [0.25, 0.3) is 0 Å². The van der Waals surface area contributed by atoms with Crippen molar-refractivity contribution in [3.05, 3.63) is 34.9 Å². The van der Waals surface area contributed by atoms with Crippen LogP contribution in [0, 0.1) is 0 Å². The molecule has 0 bridgehead atoms. The first-order valence-corrected chi connectivity index (χ1v) is 7.35. The van der Waals surface area contributed by atoms with E-state index in [1.807, 2.05) is 18.2 Å². The number of benzene rings is 1. The molecule has 0 aliphatic heterocycles. The summed E-state index contributed by atoms with van der Waals surface area (Å²) in [7, 11) is 0. The highest BCUT2D eigenvalue weighted by Crippen LogP contribution is 2.20. The molecular formula is C15H21ClN2O. The van der Waals surface area contributed by atoms with Gasteiger partial charge in [0.05, 0.1) is 0 Å². The number of amides is 1. The van der Waals surface area contributed by atoms with Gasteiger partial charge in [-0.1, -0.05) is 30.7 Å². The number of rotatable bonds is 7. The van der Waals surface area contributed by atoms with Crippen molar-refractivity contribution in [2.45, 2.75) is 44.7 Å². The van der Waals surface area contributed by atoms with E-state index in [0.29, 0.717) is 19.0 Å². The lowest BCUT2D eigenvalue weighted by Gasteiger charge is -2.17. The topological polar surface area (TPSA) is 41.1 Å². The maximum atomic E-state index is 11.6. The van der Waals surface area contributed by atoms with Gasteiger partial charge >= 0.3 is 0 Å². The predicted octanol–water partition coefficient (Wildman–Crippen LogP) is 3.05. The lowest BCUT2D eigenvalue weighted by Crippen LogP contribution is -2.30. The van der Waals surface area contributed by atoms with Crippen molar-refractivity contribution in [3.63, 3.8) is 0 Å². The predicted molar refractivity (Wildman–Crippen MR) is 78.3 cm³/mol. The van der Waals surface area contributed by atoms with E-state index in [2.05, 4.69) is 23.6 Å². The summed E-state index contributed by atoms with van der Waals surface area (Å²) in [5, 5.41) is 7.17. The Balaban J connectivity index is 1.77. The third kappa shape index (κ3) is 4.84. The zero-order chi connectivity index (χ0) is 13.7. The van der Waals surface area contributed by atoms with Crippen LogP contribution in [0.15, 0.2) is 24.3 Å². The quantitative estimate of drug-likeness (QED) is 0.806. The maximum absolute atomic E-state index is 11.6. The van der Waals surface area contributed by atoms with Crippen LogP contribution in [0.4, 0.5) is 0 Å². The van der Waals surface area contributed by atoms with Crippen LogP contribution in [-0.4, -0.2) is 18.5 Å². The van der Waals surface area contributed by atoms with Crippen molar-refractivity contribution in [2.24, 2.45) is 0 Å². The molecule has 2 rings (SSSR count). The third-order valence-corrected chi connectivity index (χ3v) is 3.58. The largest absolute Gasteiger partial charge is 0.353 e. The number of hydrogen-bond acceptors (Lipinski definition) is 2. The summed E-state index contributed by atoms with van der Waals surface area (Å²) < 4.78 is 0. The standard InChI is InChI=1S/C15H21ClN2O/c1-2-14(11-4-3-5-12(16)10-11)17-9-8-15(19)18-13-6-7-13/h3-5,10,13-14,17H,2,6-9H2,1H3,(H,18,19).